The summed E-state index contributed by atoms with van der Waals surface area (Å²) in [6, 6.07) is 23.1. The van der Waals surface area contributed by atoms with E-state index in [9.17, 15) is 9.90 Å². The Labute approximate surface area is 135 Å². The molecule has 0 radical (unpaired) electrons. The molecule has 0 unspecified atom stereocenters. The van der Waals surface area contributed by atoms with Gasteiger partial charge in [-0.15, -0.1) is 0 Å². The Morgan fingerprint density at radius 3 is 2.30 bits per heavy atom. The zero-order valence-corrected chi connectivity index (χ0v) is 12.8. The van der Waals surface area contributed by atoms with Gasteiger partial charge in [-0.2, -0.15) is 0 Å². The Bertz CT molecular complexity index is 841. The molecule has 0 fully saturated rings. The van der Waals surface area contributed by atoms with Gasteiger partial charge in [-0.05, 0) is 36.8 Å². The Morgan fingerprint density at radius 2 is 1.57 bits per heavy atom. The highest BCUT2D eigenvalue weighted by molar-refractivity contribution is 5.96. The number of hydrogen-bond acceptors (Lipinski definition) is 2. The van der Waals surface area contributed by atoms with Gasteiger partial charge >= 0.3 is 5.97 Å². The molecule has 3 rings (SSSR count). The third-order valence-electron chi connectivity index (χ3n) is 3.69. The third-order valence-corrected chi connectivity index (χ3v) is 3.69. The first-order chi connectivity index (χ1) is 11.1. The van der Waals surface area contributed by atoms with Crippen molar-refractivity contribution in [2.75, 3.05) is 5.32 Å². The van der Waals surface area contributed by atoms with Crippen molar-refractivity contribution < 1.29 is 9.90 Å². The van der Waals surface area contributed by atoms with Crippen molar-refractivity contribution in [3.8, 4) is 11.1 Å². The molecule has 0 aliphatic rings. The number of anilines is 2. The largest absolute Gasteiger partial charge is 0.478 e. The molecule has 0 bridgehead atoms. The molecule has 2 N–H and O–H groups in total. The van der Waals surface area contributed by atoms with Gasteiger partial charge in [0.2, 0.25) is 0 Å². The molecule has 0 heterocycles. The summed E-state index contributed by atoms with van der Waals surface area (Å²) in [5.41, 5.74) is 5.02. The monoisotopic (exact) mass is 303 g/mol. The van der Waals surface area contributed by atoms with E-state index in [1.54, 1.807) is 18.2 Å². The van der Waals surface area contributed by atoms with Crippen molar-refractivity contribution in [3.63, 3.8) is 0 Å². The van der Waals surface area contributed by atoms with Crippen molar-refractivity contribution >= 4 is 17.3 Å². The van der Waals surface area contributed by atoms with Gasteiger partial charge in [0.25, 0.3) is 0 Å². The molecular weight excluding hydrogens is 286 g/mol. The molecule has 23 heavy (non-hydrogen) atoms. The number of nitrogens with one attached hydrogen (secondary N) is 1. The van der Waals surface area contributed by atoms with Gasteiger partial charge in [-0.1, -0.05) is 54.1 Å². The van der Waals surface area contributed by atoms with E-state index in [-0.39, 0.29) is 5.56 Å². The molecule has 0 amide bonds. The molecule has 3 heteroatoms. The minimum Gasteiger partial charge on any atom is -0.478 e. The molecule has 3 nitrogen and oxygen atoms in total. The quantitative estimate of drug-likeness (QED) is 0.704. The number of rotatable bonds is 4. The number of benzene rings is 3. The van der Waals surface area contributed by atoms with Crippen molar-refractivity contribution in [2.45, 2.75) is 6.92 Å². The summed E-state index contributed by atoms with van der Waals surface area (Å²) in [7, 11) is 0. The second-order valence-electron chi connectivity index (χ2n) is 5.39. The number of aromatic carboxylic acids is 1. The predicted octanol–water partition coefficient (Wildman–Crippen LogP) is 5.10. The third kappa shape index (κ3) is 3.24. The van der Waals surface area contributed by atoms with E-state index in [4.69, 9.17) is 0 Å². The fraction of sp³-hybridized carbons (Fsp3) is 0.0500. The second kappa shape index (κ2) is 6.36. The van der Waals surface area contributed by atoms with Gasteiger partial charge in [-0.25, -0.2) is 4.79 Å². The van der Waals surface area contributed by atoms with Crippen LogP contribution in [0.25, 0.3) is 11.1 Å². The fourth-order valence-electron chi connectivity index (χ4n) is 2.55. The van der Waals surface area contributed by atoms with Gasteiger partial charge < -0.3 is 10.4 Å². The van der Waals surface area contributed by atoms with Gasteiger partial charge in [-0.3, -0.25) is 0 Å². The Balaban J connectivity index is 2.07. The molecule has 0 aliphatic heterocycles. The van der Waals surface area contributed by atoms with Gasteiger partial charge in [0.1, 0.15) is 0 Å². The average Bonchev–Trinajstić information content (AvgIpc) is 2.57. The van der Waals surface area contributed by atoms with Crippen molar-refractivity contribution in [3.05, 3.63) is 83.9 Å². The smallest absolute Gasteiger partial charge is 0.337 e. The van der Waals surface area contributed by atoms with Crippen molar-refractivity contribution in [2.24, 2.45) is 0 Å². The first-order valence-corrected chi connectivity index (χ1v) is 7.40. The lowest BCUT2D eigenvalue weighted by Crippen LogP contribution is -2.03. The minimum absolute atomic E-state index is 0.257. The first kappa shape index (κ1) is 14.9. The lowest BCUT2D eigenvalue weighted by molar-refractivity contribution is 0.0698. The van der Waals surface area contributed by atoms with E-state index in [1.807, 2.05) is 55.5 Å². The van der Waals surface area contributed by atoms with E-state index in [2.05, 4.69) is 11.4 Å². The number of carboxylic acids is 1. The Kier molecular flexibility index (Phi) is 4.11. The maximum absolute atomic E-state index is 11.4. The topological polar surface area (TPSA) is 49.3 Å². The van der Waals surface area contributed by atoms with Crippen LogP contribution >= 0.6 is 0 Å². The standard InChI is InChI=1S/C20H17NO2/c1-14-11-12-19(17(13-14)15-7-3-2-4-8-15)21-18-10-6-5-9-16(18)20(22)23/h2-13,21H,1H3,(H,22,23). The molecule has 0 saturated heterocycles. The van der Waals surface area contributed by atoms with Crippen LogP contribution < -0.4 is 5.32 Å². The van der Waals surface area contributed by atoms with E-state index in [0.717, 1.165) is 22.4 Å². The van der Waals surface area contributed by atoms with Crippen LogP contribution in [0.4, 0.5) is 11.4 Å². The van der Waals surface area contributed by atoms with Crippen LogP contribution in [-0.2, 0) is 0 Å². The zero-order valence-electron chi connectivity index (χ0n) is 12.8. The maximum atomic E-state index is 11.4. The van der Waals surface area contributed by atoms with Crippen LogP contribution in [0, 0.1) is 6.92 Å². The van der Waals surface area contributed by atoms with Crippen LogP contribution in [0.3, 0.4) is 0 Å². The van der Waals surface area contributed by atoms with Crippen LogP contribution in [0.1, 0.15) is 15.9 Å². The Hall–Kier alpha value is -3.07. The molecule has 0 spiro atoms. The molecule has 0 aromatic heterocycles. The van der Waals surface area contributed by atoms with Crippen molar-refractivity contribution in [1.29, 1.82) is 0 Å². The molecule has 3 aromatic rings. The van der Waals surface area contributed by atoms with E-state index in [1.165, 1.54) is 0 Å². The second-order valence-corrected chi connectivity index (χ2v) is 5.39. The number of carbonyl (C=O) groups is 1. The van der Waals surface area contributed by atoms with Crippen LogP contribution in [0.2, 0.25) is 0 Å². The van der Waals surface area contributed by atoms with Crippen LogP contribution in [-0.4, -0.2) is 11.1 Å². The number of hydrogen-bond donors (Lipinski definition) is 2. The maximum Gasteiger partial charge on any atom is 0.337 e. The highest BCUT2D eigenvalue weighted by Crippen LogP contribution is 2.32. The van der Waals surface area contributed by atoms with Gasteiger partial charge in [0, 0.05) is 11.3 Å². The summed E-state index contributed by atoms with van der Waals surface area (Å²) < 4.78 is 0. The minimum atomic E-state index is -0.943. The molecule has 0 aliphatic carbocycles. The normalized spacial score (nSPS) is 10.3. The van der Waals surface area contributed by atoms with E-state index < -0.39 is 5.97 Å². The van der Waals surface area contributed by atoms with Crippen LogP contribution in [0.5, 0.6) is 0 Å². The van der Waals surface area contributed by atoms with Gasteiger partial charge in [0.15, 0.2) is 0 Å². The molecule has 0 atom stereocenters. The van der Waals surface area contributed by atoms with E-state index in [0.29, 0.717) is 5.69 Å². The molecular formula is C20H17NO2. The predicted molar refractivity (Wildman–Crippen MR) is 93.3 cm³/mol. The first-order valence-electron chi connectivity index (χ1n) is 7.40. The van der Waals surface area contributed by atoms with E-state index >= 15 is 0 Å². The highest BCUT2D eigenvalue weighted by atomic mass is 16.4. The lowest BCUT2D eigenvalue weighted by Gasteiger charge is -2.15. The summed E-state index contributed by atoms with van der Waals surface area (Å²) in [4.78, 5) is 11.4. The molecule has 114 valence electrons. The summed E-state index contributed by atoms with van der Waals surface area (Å²) in [5.74, 6) is -0.943. The number of carboxylic acid groups (broad SMARTS) is 1. The average molecular weight is 303 g/mol. The summed E-state index contributed by atoms with van der Waals surface area (Å²) in [6.45, 7) is 2.04. The summed E-state index contributed by atoms with van der Waals surface area (Å²) >= 11 is 0. The highest BCUT2D eigenvalue weighted by Gasteiger charge is 2.11. The SMILES string of the molecule is Cc1ccc(Nc2ccccc2C(=O)O)c(-c2ccccc2)c1. The lowest BCUT2D eigenvalue weighted by atomic mass is 10.0. The van der Waals surface area contributed by atoms with Gasteiger partial charge in [0.05, 0.1) is 11.3 Å². The fourth-order valence-corrected chi connectivity index (χ4v) is 2.55. The summed E-state index contributed by atoms with van der Waals surface area (Å²) in [6.07, 6.45) is 0. The van der Waals surface area contributed by atoms with Crippen LogP contribution in [0.15, 0.2) is 72.8 Å². The number of aryl methyl sites for hydroxylation is 1. The zero-order chi connectivity index (χ0) is 16.2. The molecule has 3 aromatic carbocycles. The Morgan fingerprint density at radius 1 is 0.870 bits per heavy atom. The molecule has 0 saturated carbocycles. The number of para-hydroxylation sites is 1. The summed E-state index contributed by atoms with van der Waals surface area (Å²) in [5, 5.41) is 12.6. The van der Waals surface area contributed by atoms with Crippen molar-refractivity contribution in [1.82, 2.24) is 0 Å².